The van der Waals surface area contributed by atoms with Crippen molar-refractivity contribution in [2.24, 2.45) is 0 Å². The largest absolute Gasteiger partial charge is 0.361 e. The van der Waals surface area contributed by atoms with Gasteiger partial charge in [-0.2, -0.15) is 0 Å². The molecule has 0 spiro atoms. The molecule has 1 amide bonds. The fourth-order valence-corrected chi connectivity index (χ4v) is 1.84. The minimum atomic E-state index is -0.234. The molecule has 0 fully saturated rings. The normalized spacial score (nSPS) is 12.2. The Bertz CT molecular complexity index is 548. The molecule has 1 aromatic heterocycles. The van der Waals surface area contributed by atoms with Gasteiger partial charge in [-0.3, -0.25) is 4.79 Å². The number of aryl methyl sites for hydroxylation is 1. The first-order valence-electron chi connectivity index (χ1n) is 5.56. The lowest BCUT2D eigenvalue weighted by Crippen LogP contribution is -2.26. The van der Waals surface area contributed by atoms with Gasteiger partial charge in [-0.1, -0.05) is 33.2 Å². The minimum Gasteiger partial charge on any atom is -0.361 e. The predicted octanol–water partition coefficient (Wildman–Crippen LogP) is 3.24. The molecular formula is C13H13BrN2O2. The third kappa shape index (κ3) is 2.98. The molecule has 1 aromatic carbocycles. The first-order chi connectivity index (χ1) is 8.56. The fourth-order valence-electron chi connectivity index (χ4n) is 1.58. The Hall–Kier alpha value is -1.62. The summed E-state index contributed by atoms with van der Waals surface area (Å²) in [4.78, 5) is 11.9. The lowest BCUT2D eigenvalue weighted by Gasteiger charge is -2.13. The van der Waals surface area contributed by atoms with Crippen LogP contribution in [-0.2, 0) is 0 Å². The van der Waals surface area contributed by atoms with E-state index in [1.54, 1.807) is 13.0 Å². The first kappa shape index (κ1) is 12.8. The topological polar surface area (TPSA) is 55.1 Å². The summed E-state index contributed by atoms with van der Waals surface area (Å²) in [7, 11) is 0. The van der Waals surface area contributed by atoms with Gasteiger partial charge in [0.15, 0.2) is 5.69 Å². The van der Waals surface area contributed by atoms with Crippen molar-refractivity contribution >= 4 is 21.8 Å². The standard InChI is InChI=1S/C13H13BrN2O2/c1-8-7-12(16-18-8)13(17)15-9(2)10-3-5-11(14)6-4-10/h3-7,9H,1-2H3,(H,15,17). The van der Waals surface area contributed by atoms with Crippen LogP contribution in [0.5, 0.6) is 0 Å². The van der Waals surface area contributed by atoms with E-state index >= 15 is 0 Å². The zero-order chi connectivity index (χ0) is 13.1. The number of nitrogens with one attached hydrogen (secondary N) is 1. The van der Waals surface area contributed by atoms with Gasteiger partial charge in [0.1, 0.15) is 5.76 Å². The van der Waals surface area contributed by atoms with E-state index in [0.717, 1.165) is 10.0 Å². The van der Waals surface area contributed by atoms with E-state index in [9.17, 15) is 4.79 Å². The second-order valence-corrected chi connectivity index (χ2v) is 4.99. The second kappa shape index (κ2) is 5.35. The molecule has 0 aliphatic rings. The number of carbonyl (C=O) groups is 1. The van der Waals surface area contributed by atoms with Gasteiger partial charge in [0.25, 0.3) is 5.91 Å². The highest BCUT2D eigenvalue weighted by Crippen LogP contribution is 2.17. The fraction of sp³-hybridized carbons (Fsp3) is 0.231. The Kier molecular flexibility index (Phi) is 3.81. The van der Waals surface area contributed by atoms with Crippen LogP contribution in [0.3, 0.4) is 0 Å². The molecule has 1 atom stereocenters. The highest BCUT2D eigenvalue weighted by atomic mass is 79.9. The van der Waals surface area contributed by atoms with E-state index < -0.39 is 0 Å². The number of aromatic nitrogens is 1. The monoisotopic (exact) mass is 308 g/mol. The molecule has 4 nitrogen and oxygen atoms in total. The lowest BCUT2D eigenvalue weighted by molar-refractivity contribution is 0.0930. The molecule has 1 unspecified atom stereocenters. The van der Waals surface area contributed by atoms with Crippen molar-refractivity contribution in [1.82, 2.24) is 10.5 Å². The van der Waals surface area contributed by atoms with Crippen LogP contribution in [0.25, 0.3) is 0 Å². The van der Waals surface area contributed by atoms with Gasteiger partial charge in [-0.25, -0.2) is 0 Å². The maximum atomic E-state index is 11.9. The van der Waals surface area contributed by atoms with Crippen LogP contribution in [0.2, 0.25) is 0 Å². The summed E-state index contributed by atoms with van der Waals surface area (Å²) in [5.41, 5.74) is 1.34. The summed E-state index contributed by atoms with van der Waals surface area (Å²) in [5, 5.41) is 6.55. The van der Waals surface area contributed by atoms with Crippen LogP contribution in [0.4, 0.5) is 0 Å². The number of halogens is 1. The van der Waals surface area contributed by atoms with Gasteiger partial charge in [0, 0.05) is 10.5 Å². The Labute approximate surface area is 113 Å². The zero-order valence-electron chi connectivity index (χ0n) is 10.1. The van der Waals surface area contributed by atoms with E-state index in [0.29, 0.717) is 11.5 Å². The molecule has 0 radical (unpaired) electrons. The van der Waals surface area contributed by atoms with E-state index in [-0.39, 0.29) is 11.9 Å². The average Bonchev–Trinajstić information content (AvgIpc) is 2.76. The Morgan fingerprint density at radius 1 is 1.39 bits per heavy atom. The molecule has 0 saturated heterocycles. The number of hydrogen-bond acceptors (Lipinski definition) is 3. The molecule has 94 valence electrons. The maximum Gasteiger partial charge on any atom is 0.273 e. The maximum absolute atomic E-state index is 11.9. The Balaban J connectivity index is 2.05. The molecule has 0 aliphatic carbocycles. The first-order valence-corrected chi connectivity index (χ1v) is 6.35. The van der Waals surface area contributed by atoms with Crippen molar-refractivity contribution in [3.8, 4) is 0 Å². The molecular weight excluding hydrogens is 296 g/mol. The van der Waals surface area contributed by atoms with Crippen LogP contribution in [-0.4, -0.2) is 11.1 Å². The molecule has 1 N–H and O–H groups in total. The van der Waals surface area contributed by atoms with Gasteiger partial charge < -0.3 is 9.84 Å². The number of benzene rings is 1. The Morgan fingerprint density at radius 2 is 2.06 bits per heavy atom. The molecule has 2 rings (SSSR count). The van der Waals surface area contributed by atoms with Crippen LogP contribution in [0.1, 0.15) is 34.8 Å². The van der Waals surface area contributed by atoms with Gasteiger partial charge >= 0.3 is 0 Å². The summed E-state index contributed by atoms with van der Waals surface area (Å²) in [5.74, 6) is 0.388. The van der Waals surface area contributed by atoms with Crippen molar-refractivity contribution in [2.75, 3.05) is 0 Å². The number of hydrogen-bond donors (Lipinski definition) is 1. The third-order valence-corrected chi connectivity index (χ3v) is 3.11. The van der Waals surface area contributed by atoms with E-state index in [4.69, 9.17) is 4.52 Å². The summed E-state index contributed by atoms with van der Waals surface area (Å²) in [6.07, 6.45) is 0. The van der Waals surface area contributed by atoms with E-state index in [2.05, 4.69) is 26.4 Å². The SMILES string of the molecule is Cc1cc(C(=O)NC(C)c2ccc(Br)cc2)no1. The van der Waals surface area contributed by atoms with Crippen LogP contribution in [0.15, 0.2) is 39.3 Å². The second-order valence-electron chi connectivity index (χ2n) is 4.07. The Morgan fingerprint density at radius 3 is 2.61 bits per heavy atom. The number of amides is 1. The molecule has 2 aromatic rings. The third-order valence-electron chi connectivity index (χ3n) is 2.58. The average molecular weight is 309 g/mol. The molecule has 18 heavy (non-hydrogen) atoms. The lowest BCUT2D eigenvalue weighted by atomic mass is 10.1. The zero-order valence-corrected chi connectivity index (χ0v) is 11.7. The minimum absolute atomic E-state index is 0.0809. The summed E-state index contributed by atoms with van der Waals surface area (Å²) in [6, 6.07) is 9.34. The molecule has 0 bridgehead atoms. The number of nitrogens with zero attached hydrogens (tertiary/aromatic N) is 1. The van der Waals surface area contributed by atoms with Crippen molar-refractivity contribution < 1.29 is 9.32 Å². The van der Waals surface area contributed by atoms with Gasteiger partial charge in [0.2, 0.25) is 0 Å². The van der Waals surface area contributed by atoms with Gasteiger partial charge in [-0.05, 0) is 31.5 Å². The summed E-state index contributed by atoms with van der Waals surface area (Å²) >= 11 is 3.38. The van der Waals surface area contributed by atoms with Crippen LogP contribution < -0.4 is 5.32 Å². The highest BCUT2D eigenvalue weighted by molar-refractivity contribution is 9.10. The molecule has 0 aliphatic heterocycles. The van der Waals surface area contributed by atoms with Crippen LogP contribution in [0, 0.1) is 6.92 Å². The van der Waals surface area contributed by atoms with Gasteiger partial charge in [-0.15, -0.1) is 0 Å². The smallest absolute Gasteiger partial charge is 0.273 e. The number of carbonyl (C=O) groups excluding carboxylic acids is 1. The van der Waals surface area contributed by atoms with Crippen molar-refractivity contribution in [2.45, 2.75) is 19.9 Å². The molecule has 1 heterocycles. The quantitative estimate of drug-likeness (QED) is 0.947. The van der Waals surface area contributed by atoms with Gasteiger partial charge in [0.05, 0.1) is 6.04 Å². The summed E-state index contributed by atoms with van der Waals surface area (Å²) < 4.78 is 5.88. The van der Waals surface area contributed by atoms with Crippen LogP contribution >= 0.6 is 15.9 Å². The van der Waals surface area contributed by atoms with Crippen molar-refractivity contribution in [3.63, 3.8) is 0 Å². The number of rotatable bonds is 3. The van der Waals surface area contributed by atoms with E-state index in [1.165, 1.54) is 0 Å². The van der Waals surface area contributed by atoms with Crippen molar-refractivity contribution in [1.29, 1.82) is 0 Å². The predicted molar refractivity (Wildman–Crippen MR) is 71.3 cm³/mol. The van der Waals surface area contributed by atoms with E-state index in [1.807, 2.05) is 31.2 Å². The van der Waals surface area contributed by atoms with Crippen molar-refractivity contribution in [3.05, 3.63) is 51.8 Å². The summed E-state index contributed by atoms with van der Waals surface area (Å²) in [6.45, 7) is 3.68. The molecule has 5 heteroatoms. The highest BCUT2D eigenvalue weighted by Gasteiger charge is 2.14. The molecule has 0 saturated carbocycles.